The molecular weight excluding hydrogens is 599 g/mol. The number of alkyl halides is 3. The molecule has 0 unspecified atom stereocenters. The zero-order chi connectivity index (χ0) is 32.3. The van der Waals surface area contributed by atoms with E-state index < -0.39 is 53.4 Å². The first kappa shape index (κ1) is 34.8. The minimum atomic E-state index is -4.92. The first-order valence-corrected chi connectivity index (χ1v) is 13.6. The maximum Gasteiger partial charge on any atom is 0.419 e. The highest BCUT2D eigenvalue weighted by atomic mass is 19.4. The normalized spacial score (nSPS) is 13.8. The molecule has 2 aromatic carbocycles. The summed E-state index contributed by atoms with van der Waals surface area (Å²) in [4.78, 5) is 42.1. The summed E-state index contributed by atoms with van der Waals surface area (Å²) < 4.78 is 68.1. The van der Waals surface area contributed by atoms with Gasteiger partial charge in [0.25, 0.3) is 11.8 Å². The number of halogens is 5. The number of ketones is 1. The molecule has 1 aliphatic rings. The van der Waals surface area contributed by atoms with Gasteiger partial charge in [-0.05, 0) is 67.6 Å². The van der Waals surface area contributed by atoms with Gasteiger partial charge in [0.1, 0.15) is 17.2 Å². The van der Waals surface area contributed by atoms with Gasteiger partial charge in [-0.25, -0.2) is 18.3 Å². The van der Waals surface area contributed by atoms with Crippen LogP contribution in [0.3, 0.4) is 0 Å². The second-order valence-corrected chi connectivity index (χ2v) is 10.1. The van der Waals surface area contributed by atoms with Crippen LogP contribution in [0.4, 0.5) is 22.0 Å². The number of carbonyl (C=O) groups is 3. The van der Waals surface area contributed by atoms with Crippen molar-refractivity contribution in [1.82, 2.24) is 25.2 Å². The zero-order valence-corrected chi connectivity index (χ0v) is 24.0. The van der Waals surface area contributed by atoms with Crippen molar-refractivity contribution in [2.24, 2.45) is 5.73 Å². The Morgan fingerprint density at radius 2 is 1.76 bits per heavy atom. The molecule has 0 radical (unpaired) electrons. The highest BCUT2D eigenvalue weighted by Gasteiger charge is 2.34. The van der Waals surface area contributed by atoms with E-state index in [-0.39, 0.29) is 30.2 Å². The second-order valence-electron chi connectivity index (χ2n) is 10.1. The molecule has 4 aromatic rings. The lowest BCUT2D eigenvalue weighted by molar-refractivity contribution is -0.140. The molecule has 45 heavy (non-hydrogen) atoms. The Labute approximate surface area is 256 Å². The van der Waals surface area contributed by atoms with Crippen LogP contribution in [-0.2, 0) is 19.1 Å². The monoisotopic (exact) mass is 632 g/mol. The molecule has 9 nitrogen and oxygen atoms in total. The Kier molecular flexibility index (Phi) is 10.8. The van der Waals surface area contributed by atoms with Crippen LogP contribution in [0, 0.1) is 18.6 Å². The summed E-state index contributed by atoms with van der Waals surface area (Å²) in [6.07, 6.45) is -2.92. The van der Waals surface area contributed by atoms with Crippen molar-refractivity contribution in [1.29, 1.82) is 0 Å². The Hall–Kier alpha value is -4.72. The number of rotatable bonds is 6. The first-order valence-electron chi connectivity index (χ1n) is 13.6. The van der Waals surface area contributed by atoms with E-state index in [0.29, 0.717) is 30.5 Å². The molecule has 240 valence electrons. The van der Waals surface area contributed by atoms with Crippen molar-refractivity contribution in [2.45, 2.75) is 59.8 Å². The molecule has 2 aromatic heterocycles. The van der Waals surface area contributed by atoms with E-state index in [9.17, 15) is 36.3 Å². The maximum atomic E-state index is 14.4. The number of amides is 2. The number of aromatic nitrogens is 3. The minimum absolute atomic E-state index is 0. The summed E-state index contributed by atoms with van der Waals surface area (Å²) in [6, 6.07) is 6.46. The largest absolute Gasteiger partial charge is 0.419 e. The third-order valence-corrected chi connectivity index (χ3v) is 7.06. The lowest BCUT2D eigenvalue weighted by atomic mass is 9.96. The van der Waals surface area contributed by atoms with E-state index in [1.807, 2.05) is 13.8 Å². The van der Waals surface area contributed by atoms with Crippen LogP contribution in [0.15, 0.2) is 42.6 Å². The van der Waals surface area contributed by atoms with Gasteiger partial charge >= 0.3 is 6.18 Å². The van der Waals surface area contributed by atoms with Gasteiger partial charge in [0.2, 0.25) is 0 Å². The van der Waals surface area contributed by atoms with Crippen molar-refractivity contribution in [3.8, 4) is 0 Å². The summed E-state index contributed by atoms with van der Waals surface area (Å²) >= 11 is 0. The van der Waals surface area contributed by atoms with Gasteiger partial charge in [0.15, 0.2) is 17.2 Å². The topological polar surface area (TPSA) is 131 Å². The Bertz CT molecular complexity index is 1750. The van der Waals surface area contributed by atoms with Crippen molar-refractivity contribution < 1.29 is 36.3 Å². The van der Waals surface area contributed by atoms with Crippen LogP contribution in [0.5, 0.6) is 0 Å². The number of nitrogens with one attached hydrogen (secondary N) is 2. The van der Waals surface area contributed by atoms with Gasteiger partial charge in [-0.15, -0.1) is 0 Å². The van der Waals surface area contributed by atoms with Crippen LogP contribution in [0.2, 0.25) is 0 Å². The van der Waals surface area contributed by atoms with Gasteiger partial charge in [0.05, 0.1) is 17.8 Å². The van der Waals surface area contributed by atoms with Crippen LogP contribution in [0.1, 0.15) is 92.9 Å². The highest BCUT2D eigenvalue weighted by Crippen LogP contribution is 2.35. The average molecular weight is 633 g/mol. The Balaban J connectivity index is 0.00000133. The number of benzene rings is 2. The number of hydrogen-bond donors (Lipinski definition) is 3. The maximum absolute atomic E-state index is 14.4. The molecule has 4 N–H and O–H groups in total. The van der Waals surface area contributed by atoms with Crippen LogP contribution >= 0.6 is 0 Å². The summed E-state index contributed by atoms with van der Waals surface area (Å²) in [7, 11) is 0. The zero-order valence-electron chi connectivity index (χ0n) is 24.0. The van der Waals surface area contributed by atoms with E-state index in [4.69, 9.17) is 5.73 Å². The van der Waals surface area contributed by atoms with Gasteiger partial charge in [-0.2, -0.15) is 18.3 Å². The highest BCUT2D eigenvalue weighted by molar-refractivity contribution is 5.99. The van der Waals surface area contributed by atoms with Gasteiger partial charge in [-0.3, -0.25) is 14.4 Å². The molecule has 2 amide bonds. The molecule has 0 saturated carbocycles. The summed E-state index contributed by atoms with van der Waals surface area (Å²) in [5, 5.41) is 9.07. The molecule has 14 heteroatoms. The fraction of sp³-hybridized carbons (Fsp3) is 0.323. The van der Waals surface area contributed by atoms with E-state index in [0.717, 1.165) is 46.1 Å². The van der Waals surface area contributed by atoms with Gasteiger partial charge in [-0.1, -0.05) is 32.5 Å². The van der Waals surface area contributed by atoms with Crippen molar-refractivity contribution in [3.05, 3.63) is 99.0 Å². The SMILES string of the molecule is C.CC(=O)c1ccc2c(c1C)CC[C@@H]2NC(=O)c1cc(C(=O)NCc2ccc(F)c(C(F)(F)F)c2)nc2c(F)cnn12.CCN. The van der Waals surface area contributed by atoms with Crippen molar-refractivity contribution in [3.63, 3.8) is 0 Å². The van der Waals surface area contributed by atoms with Gasteiger partial charge in [0, 0.05) is 18.2 Å². The van der Waals surface area contributed by atoms with Crippen LogP contribution in [0.25, 0.3) is 5.65 Å². The lowest BCUT2D eigenvalue weighted by Gasteiger charge is -2.16. The standard InChI is InChI=1S/C28H22F5N5O3.C2H7N.CH4/c1-13-16(14(2)39)4-5-18-17(13)6-8-22(18)37-27(41)24-10-23(36-25-21(30)12-35-38(24)25)26(40)34-11-15-3-7-20(29)19(9-15)28(31,32)33;1-2-3;/h3-5,7,9-10,12,22H,6,8,11H2,1-2H3,(H,34,40)(H,37,41);2-3H2,1H3;1H4/t22-;;/m0../s1. The summed E-state index contributed by atoms with van der Waals surface area (Å²) in [5.41, 5.74) is 5.59. The predicted molar refractivity (Wildman–Crippen MR) is 157 cm³/mol. The Morgan fingerprint density at radius 1 is 1.07 bits per heavy atom. The molecule has 0 saturated heterocycles. The predicted octanol–water partition coefficient (Wildman–Crippen LogP) is 5.49. The molecule has 0 bridgehead atoms. The molecule has 1 atom stereocenters. The quantitative estimate of drug-likeness (QED) is 0.191. The van der Waals surface area contributed by atoms with Crippen molar-refractivity contribution in [2.75, 3.05) is 6.54 Å². The first-order chi connectivity index (χ1) is 20.8. The molecule has 2 heterocycles. The molecule has 0 aliphatic heterocycles. The van der Waals surface area contributed by atoms with E-state index in [2.05, 4.69) is 20.7 Å². The minimum Gasteiger partial charge on any atom is -0.347 e. The van der Waals surface area contributed by atoms with E-state index >= 15 is 0 Å². The summed E-state index contributed by atoms with van der Waals surface area (Å²) in [6.45, 7) is 5.56. The average Bonchev–Trinajstić information content (AvgIpc) is 3.55. The molecule has 0 spiro atoms. The number of fused-ring (bicyclic) bond motifs is 2. The molecular formula is C31H33F5N6O3. The fourth-order valence-electron chi connectivity index (χ4n) is 5.03. The molecule has 0 fully saturated rings. The number of Topliss-reactive ketones (excluding diaryl/α,β-unsaturated/α-hetero) is 1. The smallest absolute Gasteiger partial charge is 0.347 e. The number of hydrogen-bond acceptors (Lipinski definition) is 6. The van der Waals surface area contributed by atoms with Gasteiger partial charge < -0.3 is 16.4 Å². The summed E-state index contributed by atoms with van der Waals surface area (Å²) in [5.74, 6) is -4.00. The number of nitrogens with two attached hydrogens (primary N) is 1. The van der Waals surface area contributed by atoms with Crippen LogP contribution in [-0.4, -0.2) is 38.7 Å². The fourth-order valence-corrected chi connectivity index (χ4v) is 5.03. The molecule has 1 aliphatic carbocycles. The number of carbonyl (C=O) groups excluding carboxylic acids is 3. The lowest BCUT2D eigenvalue weighted by Crippen LogP contribution is -2.30. The molecule has 5 rings (SSSR count). The Morgan fingerprint density at radius 3 is 2.40 bits per heavy atom. The second kappa shape index (κ2) is 13.9. The third-order valence-electron chi connectivity index (χ3n) is 7.06. The van der Waals surface area contributed by atoms with Crippen molar-refractivity contribution >= 4 is 23.2 Å². The third kappa shape index (κ3) is 7.33. The van der Waals surface area contributed by atoms with E-state index in [1.165, 1.54) is 6.92 Å². The van der Waals surface area contributed by atoms with Crippen LogP contribution < -0.4 is 16.4 Å². The number of nitrogens with zero attached hydrogens (tertiary/aromatic N) is 3. The van der Waals surface area contributed by atoms with E-state index in [1.54, 1.807) is 12.1 Å².